The van der Waals surface area contributed by atoms with Gasteiger partial charge in [0.25, 0.3) is 0 Å². The van der Waals surface area contributed by atoms with Crippen LogP contribution in [0.25, 0.3) is 11.1 Å². The lowest BCUT2D eigenvalue weighted by Gasteiger charge is -2.12. The lowest BCUT2D eigenvalue weighted by molar-refractivity contribution is -0.105. The maximum Gasteiger partial charge on any atom is 0.211 e. The lowest BCUT2D eigenvalue weighted by Crippen LogP contribution is -2.01. The van der Waals surface area contributed by atoms with Crippen LogP contribution in [0.3, 0.4) is 0 Å². The molecule has 98 valence electrons. The first-order chi connectivity index (χ1) is 9.35. The summed E-state index contributed by atoms with van der Waals surface area (Å²) in [5, 5.41) is 2.69. The third-order valence-electron chi connectivity index (χ3n) is 2.76. The van der Waals surface area contributed by atoms with E-state index in [1.165, 1.54) is 0 Å². The largest absolute Gasteiger partial charge is 0.491 e. The van der Waals surface area contributed by atoms with Gasteiger partial charge in [0.15, 0.2) is 0 Å². The van der Waals surface area contributed by atoms with Gasteiger partial charge in [-0.05, 0) is 29.7 Å². The van der Waals surface area contributed by atoms with Crippen molar-refractivity contribution in [2.24, 2.45) is 0 Å². The summed E-state index contributed by atoms with van der Waals surface area (Å²) >= 11 is 0. The summed E-state index contributed by atoms with van der Waals surface area (Å²) in [5.41, 5.74) is 2.86. The number of carbonyl (C=O) groups is 1. The van der Waals surface area contributed by atoms with Crippen LogP contribution in [-0.4, -0.2) is 13.0 Å². The average molecular weight is 255 g/mol. The molecule has 0 aromatic heterocycles. The molecule has 0 spiro atoms. The molecule has 2 aromatic rings. The van der Waals surface area contributed by atoms with Gasteiger partial charge in [-0.15, -0.1) is 0 Å². The molecule has 0 atom stereocenters. The molecule has 0 saturated heterocycles. The van der Waals surface area contributed by atoms with Crippen molar-refractivity contribution in [2.75, 3.05) is 11.9 Å². The van der Waals surface area contributed by atoms with E-state index >= 15 is 0 Å². The van der Waals surface area contributed by atoms with Crippen molar-refractivity contribution in [3.05, 3.63) is 48.5 Å². The summed E-state index contributed by atoms with van der Waals surface area (Å²) in [6.45, 7) is 2.68. The Morgan fingerprint density at radius 2 is 1.89 bits per heavy atom. The van der Waals surface area contributed by atoms with E-state index in [2.05, 4.69) is 5.32 Å². The van der Waals surface area contributed by atoms with Gasteiger partial charge in [0, 0.05) is 0 Å². The van der Waals surface area contributed by atoms with Crippen molar-refractivity contribution < 1.29 is 9.53 Å². The van der Waals surface area contributed by atoms with E-state index in [1.54, 1.807) is 0 Å². The van der Waals surface area contributed by atoms with Gasteiger partial charge in [-0.1, -0.05) is 43.3 Å². The first-order valence-electron chi connectivity index (χ1n) is 6.37. The van der Waals surface area contributed by atoms with Crippen LogP contribution in [0, 0.1) is 0 Å². The Morgan fingerprint density at radius 1 is 1.11 bits per heavy atom. The van der Waals surface area contributed by atoms with Gasteiger partial charge in [0.1, 0.15) is 5.75 Å². The molecule has 2 rings (SSSR count). The Labute approximate surface area is 113 Å². The molecule has 0 unspecified atom stereocenters. The molecule has 0 aliphatic heterocycles. The summed E-state index contributed by atoms with van der Waals surface area (Å²) in [6, 6.07) is 15.8. The number of hydrogen-bond donors (Lipinski definition) is 1. The maximum atomic E-state index is 10.7. The Kier molecular flexibility index (Phi) is 4.56. The number of nitrogens with one attached hydrogen (secondary N) is 1. The van der Waals surface area contributed by atoms with Gasteiger partial charge in [-0.25, -0.2) is 0 Å². The van der Waals surface area contributed by atoms with Crippen LogP contribution < -0.4 is 10.1 Å². The number of amides is 1. The third-order valence-corrected chi connectivity index (χ3v) is 2.76. The standard InChI is InChI=1S/C16H17NO2/c1-2-10-19-16-9-8-14(11-15(16)17-12-18)13-6-4-3-5-7-13/h3-9,11-12H,2,10H2,1H3,(H,17,18). The van der Waals surface area contributed by atoms with E-state index in [0.717, 1.165) is 17.5 Å². The van der Waals surface area contributed by atoms with Crippen LogP contribution in [-0.2, 0) is 4.79 Å². The lowest BCUT2D eigenvalue weighted by atomic mass is 10.0. The van der Waals surface area contributed by atoms with Crippen molar-refractivity contribution in [3.8, 4) is 16.9 Å². The van der Waals surface area contributed by atoms with Crippen molar-refractivity contribution in [3.63, 3.8) is 0 Å². The molecular weight excluding hydrogens is 238 g/mol. The fraction of sp³-hybridized carbons (Fsp3) is 0.188. The molecule has 2 aromatic carbocycles. The molecule has 3 heteroatoms. The minimum Gasteiger partial charge on any atom is -0.491 e. The van der Waals surface area contributed by atoms with E-state index in [9.17, 15) is 4.79 Å². The van der Waals surface area contributed by atoms with Crippen molar-refractivity contribution in [1.29, 1.82) is 0 Å². The van der Waals surface area contributed by atoms with Gasteiger partial charge in [0.2, 0.25) is 6.41 Å². The summed E-state index contributed by atoms with van der Waals surface area (Å²) in [5.74, 6) is 0.702. The molecule has 0 saturated carbocycles. The summed E-state index contributed by atoms with van der Waals surface area (Å²) < 4.78 is 5.61. The molecule has 0 aliphatic rings. The predicted octanol–water partition coefficient (Wildman–Crippen LogP) is 3.71. The summed E-state index contributed by atoms with van der Waals surface area (Å²) in [7, 11) is 0. The van der Waals surface area contributed by atoms with Crippen LogP contribution >= 0.6 is 0 Å². The van der Waals surface area contributed by atoms with Gasteiger partial charge >= 0.3 is 0 Å². The molecule has 0 heterocycles. The fourth-order valence-corrected chi connectivity index (χ4v) is 1.85. The monoisotopic (exact) mass is 255 g/mol. The summed E-state index contributed by atoms with van der Waals surface area (Å²) in [6.07, 6.45) is 1.60. The second kappa shape index (κ2) is 6.59. The molecule has 3 nitrogen and oxygen atoms in total. The number of ether oxygens (including phenoxy) is 1. The number of benzene rings is 2. The van der Waals surface area contributed by atoms with Gasteiger partial charge in [-0.3, -0.25) is 4.79 Å². The second-order valence-corrected chi connectivity index (χ2v) is 4.19. The maximum absolute atomic E-state index is 10.7. The van der Waals surface area contributed by atoms with Crippen molar-refractivity contribution in [2.45, 2.75) is 13.3 Å². The minimum atomic E-state index is 0.637. The van der Waals surface area contributed by atoms with E-state index < -0.39 is 0 Å². The average Bonchev–Trinajstić information content (AvgIpc) is 2.47. The van der Waals surface area contributed by atoms with E-state index in [4.69, 9.17) is 4.74 Å². The molecule has 0 bridgehead atoms. The molecule has 1 N–H and O–H groups in total. The Balaban J connectivity index is 2.33. The van der Waals surface area contributed by atoms with Gasteiger partial charge < -0.3 is 10.1 Å². The molecular formula is C16H17NO2. The van der Waals surface area contributed by atoms with Gasteiger partial charge in [0.05, 0.1) is 12.3 Å². The highest BCUT2D eigenvalue weighted by molar-refractivity contribution is 5.80. The molecule has 1 amide bonds. The fourth-order valence-electron chi connectivity index (χ4n) is 1.85. The highest BCUT2D eigenvalue weighted by Gasteiger charge is 2.06. The number of carbonyl (C=O) groups excluding carboxylic acids is 1. The van der Waals surface area contributed by atoms with Crippen molar-refractivity contribution in [1.82, 2.24) is 0 Å². The molecule has 19 heavy (non-hydrogen) atoms. The number of hydrogen-bond acceptors (Lipinski definition) is 2. The zero-order valence-corrected chi connectivity index (χ0v) is 10.9. The summed E-state index contributed by atoms with van der Waals surface area (Å²) in [4.78, 5) is 10.7. The predicted molar refractivity (Wildman–Crippen MR) is 77.4 cm³/mol. The van der Waals surface area contributed by atoms with Crippen LogP contribution in [0.15, 0.2) is 48.5 Å². The Morgan fingerprint density at radius 3 is 2.58 bits per heavy atom. The van der Waals surface area contributed by atoms with E-state index in [-0.39, 0.29) is 0 Å². The highest BCUT2D eigenvalue weighted by atomic mass is 16.5. The minimum absolute atomic E-state index is 0.637. The van der Waals surface area contributed by atoms with E-state index in [1.807, 2.05) is 55.5 Å². The molecule has 0 fully saturated rings. The number of anilines is 1. The van der Waals surface area contributed by atoms with Crippen molar-refractivity contribution >= 4 is 12.1 Å². The Hall–Kier alpha value is -2.29. The Bertz CT molecular complexity index is 538. The SMILES string of the molecule is CCCOc1ccc(-c2ccccc2)cc1NC=O. The quantitative estimate of drug-likeness (QED) is 0.799. The second-order valence-electron chi connectivity index (χ2n) is 4.19. The van der Waals surface area contributed by atoms with Gasteiger partial charge in [-0.2, -0.15) is 0 Å². The zero-order chi connectivity index (χ0) is 13.5. The topological polar surface area (TPSA) is 38.3 Å². The van der Waals surface area contributed by atoms with E-state index in [0.29, 0.717) is 24.5 Å². The first kappa shape index (κ1) is 13.1. The van der Waals surface area contributed by atoms with Crippen LogP contribution in [0.2, 0.25) is 0 Å². The number of rotatable bonds is 6. The highest BCUT2D eigenvalue weighted by Crippen LogP contribution is 2.30. The third kappa shape index (κ3) is 3.35. The molecule has 0 aliphatic carbocycles. The smallest absolute Gasteiger partial charge is 0.211 e. The first-order valence-corrected chi connectivity index (χ1v) is 6.37. The zero-order valence-electron chi connectivity index (χ0n) is 10.9. The van der Waals surface area contributed by atoms with Crippen LogP contribution in [0.4, 0.5) is 5.69 Å². The van der Waals surface area contributed by atoms with Crippen LogP contribution in [0.5, 0.6) is 5.75 Å². The van der Waals surface area contributed by atoms with Crippen LogP contribution in [0.1, 0.15) is 13.3 Å². The normalized spacial score (nSPS) is 9.95. The molecule has 0 radical (unpaired) electrons.